The Labute approximate surface area is 81.7 Å². The zero-order valence-electron chi connectivity index (χ0n) is 8.97. The lowest BCUT2D eigenvalue weighted by atomic mass is 9.63. The third-order valence-corrected chi connectivity index (χ3v) is 3.65. The van der Waals surface area contributed by atoms with Gasteiger partial charge in [0.05, 0.1) is 0 Å². The molecule has 0 amide bonds. The second-order valence-corrected chi connectivity index (χ2v) is 5.19. The molecular formula is C11H22N2. The average molecular weight is 182 g/mol. The predicted molar refractivity (Wildman–Crippen MR) is 55.8 cm³/mol. The Kier molecular flexibility index (Phi) is 2.61. The fourth-order valence-electron chi connectivity index (χ4n) is 2.88. The van der Waals surface area contributed by atoms with Crippen molar-refractivity contribution in [3.8, 4) is 0 Å². The van der Waals surface area contributed by atoms with Crippen LogP contribution in [0.25, 0.3) is 0 Å². The minimum atomic E-state index is 0.805. The summed E-state index contributed by atoms with van der Waals surface area (Å²) in [5.41, 5.74) is 0.805. The topological polar surface area (TPSA) is 15.3 Å². The fraction of sp³-hybridized carbons (Fsp3) is 1.00. The first-order chi connectivity index (χ1) is 6.24. The highest BCUT2D eigenvalue weighted by molar-refractivity contribution is 5.00. The van der Waals surface area contributed by atoms with Gasteiger partial charge in [0, 0.05) is 19.6 Å². The molecule has 1 saturated carbocycles. The molecule has 1 atom stereocenters. The van der Waals surface area contributed by atoms with Gasteiger partial charge < -0.3 is 10.2 Å². The molecule has 2 rings (SSSR count). The van der Waals surface area contributed by atoms with Gasteiger partial charge in [0.2, 0.25) is 0 Å². The van der Waals surface area contributed by atoms with Crippen LogP contribution in [0.4, 0.5) is 0 Å². The van der Waals surface area contributed by atoms with Crippen molar-refractivity contribution in [2.75, 3.05) is 33.2 Å². The van der Waals surface area contributed by atoms with Crippen molar-refractivity contribution in [1.29, 1.82) is 0 Å². The van der Waals surface area contributed by atoms with Gasteiger partial charge in [-0.15, -0.1) is 0 Å². The van der Waals surface area contributed by atoms with Gasteiger partial charge in [-0.05, 0) is 37.8 Å². The molecule has 1 heterocycles. The van der Waals surface area contributed by atoms with E-state index in [2.05, 4.69) is 17.1 Å². The highest BCUT2D eigenvalue weighted by atomic mass is 15.2. The largest absolute Gasteiger partial charge is 0.319 e. The molecule has 1 saturated heterocycles. The van der Waals surface area contributed by atoms with Gasteiger partial charge in [-0.1, -0.05) is 13.3 Å². The molecule has 1 aliphatic heterocycles. The van der Waals surface area contributed by atoms with Crippen molar-refractivity contribution in [3.05, 3.63) is 0 Å². The summed E-state index contributed by atoms with van der Waals surface area (Å²) in [4.78, 5) is 2.63. The molecule has 2 heteroatoms. The summed E-state index contributed by atoms with van der Waals surface area (Å²) in [7, 11) is 2.04. The summed E-state index contributed by atoms with van der Waals surface area (Å²) < 4.78 is 0. The van der Waals surface area contributed by atoms with E-state index in [0.717, 1.165) is 17.9 Å². The first-order valence-electron chi connectivity index (χ1n) is 5.61. The maximum absolute atomic E-state index is 3.24. The van der Waals surface area contributed by atoms with E-state index in [0.29, 0.717) is 0 Å². The van der Waals surface area contributed by atoms with Crippen LogP contribution in [0.2, 0.25) is 0 Å². The zero-order valence-corrected chi connectivity index (χ0v) is 8.97. The van der Waals surface area contributed by atoms with Crippen molar-refractivity contribution < 1.29 is 0 Å². The Bertz CT molecular complexity index is 167. The third kappa shape index (κ3) is 1.89. The quantitative estimate of drug-likeness (QED) is 0.705. The number of hydrogen-bond acceptors (Lipinski definition) is 2. The maximum Gasteiger partial charge on any atom is 0.00506 e. The van der Waals surface area contributed by atoms with E-state index in [1.165, 1.54) is 38.9 Å². The first-order valence-corrected chi connectivity index (χ1v) is 5.61. The van der Waals surface area contributed by atoms with E-state index in [1.807, 2.05) is 7.05 Å². The summed E-state index contributed by atoms with van der Waals surface area (Å²) in [6.45, 7) is 7.57. The van der Waals surface area contributed by atoms with Gasteiger partial charge in [-0.25, -0.2) is 0 Å². The van der Waals surface area contributed by atoms with E-state index in [1.54, 1.807) is 0 Å². The predicted octanol–water partition coefficient (Wildman–Crippen LogP) is 1.33. The van der Waals surface area contributed by atoms with Crippen LogP contribution in [-0.4, -0.2) is 38.1 Å². The number of likely N-dealkylation sites (tertiary alicyclic amines) is 1. The molecule has 1 unspecified atom stereocenters. The summed E-state index contributed by atoms with van der Waals surface area (Å²) in [5.74, 6) is 0.808. The van der Waals surface area contributed by atoms with Crippen molar-refractivity contribution in [3.63, 3.8) is 0 Å². The van der Waals surface area contributed by atoms with Gasteiger partial charge in [-0.3, -0.25) is 0 Å². The standard InChI is InChI=1S/C11H22N2/c1-10(6-12-2)7-13-8-11(9-13)4-3-5-11/h10,12H,3-9H2,1-2H3. The van der Waals surface area contributed by atoms with Crippen molar-refractivity contribution in [2.24, 2.45) is 11.3 Å². The molecule has 2 fully saturated rings. The average Bonchev–Trinajstić information content (AvgIpc) is 1.92. The Morgan fingerprint density at radius 2 is 2.08 bits per heavy atom. The SMILES string of the molecule is CNCC(C)CN1CC2(CCC2)C1. The monoisotopic (exact) mass is 182 g/mol. The molecule has 1 aliphatic carbocycles. The van der Waals surface area contributed by atoms with Gasteiger partial charge >= 0.3 is 0 Å². The van der Waals surface area contributed by atoms with Gasteiger partial charge in [-0.2, -0.15) is 0 Å². The second kappa shape index (κ2) is 3.58. The Morgan fingerprint density at radius 1 is 1.38 bits per heavy atom. The maximum atomic E-state index is 3.24. The molecule has 0 aromatic heterocycles. The molecule has 0 radical (unpaired) electrons. The van der Waals surface area contributed by atoms with Gasteiger partial charge in [0.15, 0.2) is 0 Å². The second-order valence-electron chi connectivity index (χ2n) is 5.19. The lowest BCUT2D eigenvalue weighted by Crippen LogP contribution is -2.60. The Morgan fingerprint density at radius 3 is 2.54 bits per heavy atom. The minimum absolute atomic E-state index is 0.805. The first kappa shape index (κ1) is 9.47. The fourth-order valence-corrected chi connectivity index (χ4v) is 2.88. The molecular weight excluding hydrogens is 160 g/mol. The molecule has 76 valence electrons. The number of rotatable bonds is 4. The zero-order chi connectivity index (χ0) is 9.31. The summed E-state index contributed by atoms with van der Waals surface area (Å²) >= 11 is 0. The Hall–Kier alpha value is -0.0800. The van der Waals surface area contributed by atoms with Crippen LogP contribution in [0.5, 0.6) is 0 Å². The lowest BCUT2D eigenvalue weighted by molar-refractivity contribution is -0.0652. The van der Waals surface area contributed by atoms with E-state index < -0.39 is 0 Å². The van der Waals surface area contributed by atoms with E-state index in [4.69, 9.17) is 0 Å². The van der Waals surface area contributed by atoms with Gasteiger partial charge in [0.1, 0.15) is 0 Å². The normalized spacial score (nSPS) is 28.2. The molecule has 1 N–H and O–H groups in total. The summed E-state index contributed by atoms with van der Waals surface area (Å²) in [6, 6.07) is 0. The summed E-state index contributed by atoms with van der Waals surface area (Å²) in [5, 5.41) is 3.24. The number of hydrogen-bond donors (Lipinski definition) is 1. The van der Waals surface area contributed by atoms with E-state index >= 15 is 0 Å². The Balaban J connectivity index is 1.63. The van der Waals surface area contributed by atoms with Crippen molar-refractivity contribution in [2.45, 2.75) is 26.2 Å². The number of nitrogens with one attached hydrogen (secondary N) is 1. The van der Waals surface area contributed by atoms with Crippen LogP contribution < -0.4 is 5.32 Å². The highest BCUT2D eigenvalue weighted by Crippen LogP contribution is 2.48. The lowest BCUT2D eigenvalue weighted by Gasteiger charge is -2.56. The third-order valence-electron chi connectivity index (χ3n) is 3.65. The molecule has 1 spiro atoms. The van der Waals surface area contributed by atoms with Crippen molar-refractivity contribution >= 4 is 0 Å². The molecule has 0 bridgehead atoms. The van der Waals surface area contributed by atoms with E-state index in [-0.39, 0.29) is 0 Å². The van der Waals surface area contributed by atoms with E-state index in [9.17, 15) is 0 Å². The minimum Gasteiger partial charge on any atom is -0.319 e. The van der Waals surface area contributed by atoms with Crippen LogP contribution in [0.3, 0.4) is 0 Å². The van der Waals surface area contributed by atoms with Crippen LogP contribution in [0.15, 0.2) is 0 Å². The summed E-state index contributed by atoms with van der Waals surface area (Å²) in [6.07, 6.45) is 4.49. The number of nitrogens with zero attached hydrogens (tertiary/aromatic N) is 1. The van der Waals surface area contributed by atoms with Crippen molar-refractivity contribution in [1.82, 2.24) is 10.2 Å². The van der Waals surface area contributed by atoms with Crippen LogP contribution in [0.1, 0.15) is 26.2 Å². The van der Waals surface area contributed by atoms with Gasteiger partial charge in [0.25, 0.3) is 0 Å². The van der Waals surface area contributed by atoms with Crippen LogP contribution >= 0.6 is 0 Å². The van der Waals surface area contributed by atoms with Crippen LogP contribution in [0, 0.1) is 11.3 Å². The molecule has 0 aromatic carbocycles. The molecule has 2 nitrogen and oxygen atoms in total. The smallest absolute Gasteiger partial charge is 0.00506 e. The highest BCUT2D eigenvalue weighted by Gasteiger charge is 2.46. The molecule has 2 aliphatic rings. The molecule has 0 aromatic rings. The van der Waals surface area contributed by atoms with Crippen LogP contribution in [-0.2, 0) is 0 Å². The molecule has 13 heavy (non-hydrogen) atoms.